The fourth-order valence-corrected chi connectivity index (χ4v) is 5.45. The molecule has 0 spiro atoms. The van der Waals surface area contributed by atoms with Crippen molar-refractivity contribution in [3.8, 4) is 5.69 Å². The molecule has 5 heterocycles. The minimum Gasteiger partial charge on any atom is -0.306 e. The molecule has 5 heteroatoms. The molecule has 3 aromatic heterocycles. The molecule has 8 rings (SSSR count). The Kier molecular flexibility index (Phi) is 3.08. The topological polar surface area (TPSA) is 37.2 Å². The Morgan fingerprint density at radius 2 is 0.939 bits per heavy atom. The first-order valence-electron chi connectivity index (χ1n) is 11.0. The molecule has 0 atom stereocenters. The summed E-state index contributed by atoms with van der Waals surface area (Å²) in [5.41, 5.74) is 12.0. The van der Waals surface area contributed by atoms with Gasteiger partial charge in [0.2, 0.25) is 0 Å². The quantitative estimate of drug-likeness (QED) is 0.296. The SMILES string of the molecule is c1ccc(N2c3cccc4c3-n3c5c2ccnc5c2nccc(c23)N4c2ccccc2)cc1. The van der Waals surface area contributed by atoms with E-state index < -0.39 is 0 Å². The van der Waals surface area contributed by atoms with E-state index in [0.717, 1.165) is 61.9 Å². The van der Waals surface area contributed by atoms with Crippen molar-refractivity contribution in [2.24, 2.45) is 0 Å². The molecule has 3 aromatic carbocycles. The van der Waals surface area contributed by atoms with Crippen molar-refractivity contribution >= 4 is 56.2 Å². The van der Waals surface area contributed by atoms with Crippen LogP contribution in [0.4, 0.5) is 34.1 Å². The van der Waals surface area contributed by atoms with Gasteiger partial charge in [-0.05, 0) is 48.5 Å². The summed E-state index contributed by atoms with van der Waals surface area (Å²) < 4.78 is 2.37. The molecule has 0 aliphatic carbocycles. The molecule has 5 nitrogen and oxygen atoms in total. The Labute approximate surface area is 189 Å². The fourth-order valence-electron chi connectivity index (χ4n) is 5.45. The highest BCUT2D eigenvalue weighted by Gasteiger charge is 2.37. The molecule has 2 aliphatic heterocycles. The number of hydrogen-bond acceptors (Lipinski definition) is 4. The maximum atomic E-state index is 4.81. The molecule has 33 heavy (non-hydrogen) atoms. The van der Waals surface area contributed by atoms with Crippen LogP contribution in [0.1, 0.15) is 0 Å². The first-order chi connectivity index (χ1) is 16.4. The molecule has 0 bridgehead atoms. The molecule has 0 saturated carbocycles. The summed E-state index contributed by atoms with van der Waals surface area (Å²) >= 11 is 0. The number of benzene rings is 3. The first-order valence-corrected chi connectivity index (χ1v) is 11.0. The number of para-hydroxylation sites is 3. The van der Waals surface area contributed by atoms with Crippen LogP contribution in [0.2, 0.25) is 0 Å². The third-order valence-corrected chi connectivity index (χ3v) is 6.69. The average Bonchev–Trinajstić information content (AvgIpc) is 3.23. The Morgan fingerprint density at radius 1 is 0.455 bits per heavy atom. The molecule has 0 unspecified atom stereocenters. The molecule has 6 aromatic rings. The maximum Gasteiger partial charge on any atom is 0.117 e. The minimum atomic E-state index is 0.931. The Morgan fingerprint density at radius 3 is 1.42 bits per heavy atom. The van der Waals surface area contributed by atoms with Crippen molar-refractivity contribution in [2.45, 2.75) is 0 Å². The third kappa shape index (κ3) is 2.02. The predicted molar refractivity (Wildman–Crippen MR) is 133 cm³/mol. The van der Waals surface area contributed by atoms with E-state index >= 15 is 0 Å². The zero-order valence-electron chi connectivity index (χ0n) is 17.6. The number of hydrogen-bond donors (Lipinski definition) is 0. The van der Waals surface area contributed by atoms with Gasteiger partial charge in [0.1, 0.15) is 11.0 Å². The van der Waals surface area contributed by atoms with E-state index in [4.69, 9.17) is 9.97 Å². The number of aromatic nitrogens is 3. The number of anilines is 6. The summed E-state index contributed by atoms with van der Waals surface area (Å²) in [5.74, 6) is 0. The van der Waals surface area contributed by atoms with Gasteiger partial charge in [0.15, 0.2) is 0 Å². The van der Waals surface area contributed by atoms with Gasteiger partial charge >= 0.3 is 0 Å². The number of fused-ring (bicyclic) bond motifs is 1. The van der Waals surface area contributed by atoms with Gasteiger partial charge in [-0.2, -0.15) is 0 Å². The molecule has 0 radical (unpaired) electrons. The van der Waals surface area contributed by atoms with Crippen molar-refractivity contribution in [2.75, 3.05) is 9.80 Å². The number of rotatable bonds is 2. The highest BCUT2D eigenvalue weighted by Crippen LogP contribution is 2.57. The highest BCUT2D eigenvalue weighted by atomic mass is 15.3. The van der Waals surface area contributed by atoms with Crippen molar-refractivity contribution in [3.63, 3.8) is 0 Å². The molecular formula is C28H17N5. The summed E-state index contributed by atoms with van der Waals surface area (Å²) in [6.07, 6.45) is 3.79. The largest absolute Gasteiger partial charge is 0.306 e. The summed E-state index contributed by atoms with van der Waals surface area (Å²) in [7, 11) is 0. The smallest absolute Gasteiger partial charge is 0.117 e. The Balaban J connectivity index is 1.61. The van der Waals surface area contributed by atoms with Crippen molar-refractivity contribution < 1.29 is 0 Å². The third-order valence-electron chi connectivity index (χ3n) is 6.69. The average molecular weight is 423 g/mol. The zero-order valence-corrected chi connectivity index (χ0v) is 17.6. The molecule has 0 saturated heterocycles. The van der Waals surface area contributed by atoms with E-state index in [-0.39, 0.29) is 0 Å². The fraction of sp³-hybridized carbons (Fsp3) is 0. The van der Waals surface area contributed by atoms with Crippen LogP contribution in [0.5, 0.6) is 0 Å². The molecule has 2 aliphatic rings. The van der Waals surface area contributed by atoms with Crippen molar-refractivity contribution in [3.05, 3.63) is 103 Å². The van der Waals surface area contributed by atoms with Crippen LogP contribution >= 0.6 is 0 Å². The van der Waals surface area contributed by atoms with E-state index in [1.165, 1.54) is 0 Å². The molecule has 0 N–H and O–H groups in total. The van der Waals surface area contributed by atoms with E-state index in [0.29, 0.717) is 0 Å². The van der Waals surface area contributed by atoms with Gasteiger partial charge in [0.25, 0.3) is 0 Å². The maximum absolute atomic E-state index is 4.81. The summed E-state index contributed by atoms with van der Waals surface area (Å²) in [6, 6.07) is 31.9. The van der Waals surface area contributed by atoms with Crippen LogP contribution in [0.15, 0.2) is 103 Å². The van der Waals surface area contributed by atoms with E-state index in [9.17, 15) is 0 Å². The van der Waals surface area contributed by atoms with Crippen LogP contribution in [-0.4, -0.2) is 14.5 Å². The zero-order chi connectivity index (χ0) is 21.5. The normalized spacial score (nSPS) is 13.3. The lowest BCUT2D eigenvalue weighted by Crippen LogP contribution is -2.24. The molecular weight excluding hydrogens is 406 g/mol. The van der Waals surface area contributed by atoms with Gasteiger partial charge in [0, 0.05) is 23.8 Å². The van der Waals surface area contributed by atoms with Gasteiger partial charge in [-0.25, -0.2) is 0 Å². The van der Waals surface area contributed by atoms with Crippen LogP contribution in [0.25, 0.3) is 27.8 Å². The lowest BCUT2D eigenvalue weighted by atomic mass is 10.0. The van der Waals surface area contributed by atoms with E-state index in [1.54, 1.807) is 0 Å². The predicted octanol–water partition coefficient (Wildman–Crippen LogP) is 7.14. The minimum absolute atomic E-state index is 0.931. The number of pyridine rings is 2. The van der Waals surface area contributed by atoms with Gasteiger partial charge in [0.05, 0.1) is 39.5 Å². The second kappa shape index (κ2) is 5.99. The molecule has 154 valence electrons. The van der Waals surface area contributed by atoms with E-state index in [1.807, 2.05) is 12.4 Å². The second-order valence-corrected chi connectivity index (χ2v) is 8.38. The summed E-state index contributed by atoms with van der Waals surface area (Å²) in [5, 5.41) is 0. The number of nitrogens with zero attached hydrogens (tertiary/aromatic N) is 5. The van der Waals surface area contributed by atoms with Crippen LogP contribution in [0.3, 0.4) is 0 Å². The molecule has 0 fully saturated rings. The summed E-state index contributed by atoms with van der Waals surface area (Å²) in [6.45, 7) is 0. The lowest BCUT2D eigenvalue weighted by molar-refractivity contribution is 1.06. The van der Waals surface area contributed by atoms with Crippen LogP contribution in [0, 0.1) is 0 Å². The van der Waals surface area contributed by atoms with Gasteiger partial charge in [-0.15, -0.1) is 0 Å². The second-order valence-electron chi connectivity index (χ2n) is 8.38. The van der Waals surface area contributed by atoms with Gasteiger partial charge in [-0.3, -0.25) is 14.5 Å². The standard InChI is InChI=1S/C28H17N5/c1-3-8-18(9-4-1)31-20-12-7-13-21-26(20)33-27-22(31)14-16-29-24(27)25-28(33)23(15-17-30-25)32(21)19-10-5-2-6-11-19/h1-17H. The van der Waals surface area contributed by atoms with Crippen molar-refractivity contribution in [1.29, 1.82) is 0 Å². The van der Waals surface area contributed by atoms with E-state index in [2.05, 4.69) is 105 Å². The van der Waals surface area contributed by atoms with Crippen molar-refractivity contribution in [1.82, 2.24) is 14.5 Å². The first kappa shape index (κ1) is 17.0. The van der Waals surface area contributed by atoms with Gasteiger partial charge < -0.3 is 9.80 Å². The van der Waals surface area contributed by atoms with Crippen LogP contribution < -0.4 is 9.80 Å². The lowest BCUT2D eigenvalue weighted by Gasteiger charge is -2.39. The molecule has 0 amide bonds. The summed E-state index contributed by atoms with van der Waals surface area (Å²) in [4.78, 5) is 14.3. The van der Waals surface area contributed by atoms with Crippen LogP contribution in [-0.2, 0) is 0 Å². The Hall–Kier alpha value is -4.64. The van der Waals surface area contributed by atoms with Gasteiger partial charge in [-0.1, -0.05) is 42.5 Å². The Bertz CT molecular complexity index is 1600. The monoisotopic (exact) mass is 423 g/mol. The highest BCUT2D eigenvalue weighted by molar-refractivity contribution is 6.19.